The number of hydrogen-bond acceptors (Lipinski definition) is 6. The van der Waals surface area contributed by atoms with E-state index in [1.807, 2.05) is 18.2 Å². The van der Waals surface area contributed by atoms with E-state index in [0.29, 0.717) is 24.5 Å². The fourth-order valence-electron chi connectivity index (χ4n) is 2.26. The van der Waals surface area contributed by atoms with Crippen LogP contribution in [0.2, 0.25) is 0 Å². The lowest BCUT2D eigenvalue weighted by Gasteiger charge is -2.10. The second kappa shape index (κ2) is 10.5. The molecular weight excluding hydrogens is 348 g/mol. The zero-order chi connectivity index (χ0) is 19.5. The first-order chi connectivity index (χ1) is 13.1. The maximum atomic E-state index is 11.8. The molecule has 0 spiro atoms. The van der Waals surface area contributed by atoms with Crippen LogP contribution in [0.25, 0.3) is 0 Å². The highest BCUT2D eigenvalue weighted by atomic mass is 16.5. The molecule has 1 heterocycles. The molecule has 27 heavy (non-hydrogen) atoms. The minimum Gasteiger partial charge on any atom is -0.493 e. The van der Waals surface area contributed by atoms with Crippen LogP contribution in [0.3, 0.4) is 0 Å². The number of nitrogens with one attached hydrogen (secondary N) is 2. The molecule has 0 unspecified atom stereocenters. The molecule has 0 aliphatic rings. The van der Waals surface area contributed by atoms with Crippen LogP contribution < -0.4 is 20.2 Å². The summed E-state index contributed by atoms with van der Waals surface area (Å²) in [6, 6.07) is 9.11. The number of nitrogens with zero attached hydrogens (tertiary/aromatic N) is 2. The predicted molar refractivity (Wildman–Crippen MR) is 101 cm³/mol. The molecule has 0 fully saturated rings. The lowest BCUT2D eigenvalue weighted by Crippen LogP contribution is -2.31. The third-order valence-electron chi connectivity index (χ3n) is 3.59. The van der Waals surface area contributed by atoms with Crippen molar-refractivity contribution in [1.29, 1.82) is 0 Å². The van der Waals surface area contributed by atoms with Gasteiger partial charge in [-0.1, -0.05) is 12.1 Å². The number of pyridine rings is 1. The van der Waals surface area contributed by atoms with Gasteiger partial charge in [-0.05, 0) is 30.2 Å². The number of rotatable bonds is 9. The average molecular weight is 370 g/mol. The zero-order valence-electron chi connectivity index (χ0n) is 15.3. The summed E-state index contributed by atoms with van der Waals surface area (Å²) in [5.41, 5.74) is 4.04. The quantitative estimate of drug-likeness (QED) is 0.394. The Hall–Kier alpha value is -3.42. The van der Waals surface area contributed by atoms with Crippen LogP contribution in [-0.2, 0) is 16.0 Å². The summed E-state index contributed by atoms with van der Waals surface area (Å²) in [5, 5.41) is 6.49. The molecule has 8 heteroatoms. The Morgan fingerprint density at radius 3 is 2.67 bits per heavy atom. The van der Waals surface area contributed by atoms with Gasteiger partial charge in [0, 0.05) is 24.5 Å². The normalized spacial score (nSPS) is 10.4. The molecule has 2 rings (SSSR count). The second-order valence-corrected chi connectivity index (χ2v) is 5.55. The van der Waals surface area contributed by atoms with Gasteiger partial charge in [-0.15, -0.1) is 0 Å². The van der Waals surface area contributed by atoms with Crippen molar-refractivity contribution in [2.24, 2.45) is 5.10 Å². The van der Waals surface area contributed by atoms with E-state index in [2.05, 4.69) is 20.8 Å². The maximum Gasteiger partial charge on any atom is 0.249 e. The van der Waals surface area contributed by atoms with Crippen molar-refractivity contribution in [2.45, 2.75) is 12.8 Å². The van der Waals surface area contributed by atoms with Gasteiger partial charge in [-0.2, -0.15) is 5.10 Å². The highest BCUT2D eigenvalue weighted by Crippen LogP contribution is 2.27. The van der Waals surface area contributed by atoms with E-state index in [0.717, 1.165) is 11.1 Å². The van der Waals surface area contributed by atoms with E-state index in [-0.39, 0.29) is 12.3 Å². The molecule has 1 aromatic heterocycles. The van der Waals surface area contributed by atoms with Crippen LogP contribution in [0.15, 0.2) is 47.8 Å². The molecule has 0 saturated carbocycles. The Labute approximate surface area is 157 Å². The van der Waals surface area contributed by atoms with E-state index in [1.54, 1.807) is 38.7 Å². The molecule has 0 atom stereocenters. The summed E-state index contributed by atoms with van der Waals surface area (Å²) in [6.45, 7) is 0.403. The average Bonchev–Trinajstić information content (AvgIpc) is 2.68. The van der Waals surface area contributed by atoms with Gasteiger partial charge in [0.05, 0.1) is 20.4 Å². The van der Waals surface area contributed by atoms with Crippen molar-refractivity contribution in [3.05, 3.63) is 53.9 Å². The fraction of sp³-hybridized carbons (Fsp3) is 0.263. The van der Waals surface area contributed by atoms with E-state index in [1.165, 1.54) is 6.21 Å². The molecular formula is C19H22N4O4. The predicted octanol–water partition coefficient (Wildman–Crippen LogP) is 1.30. The lowest BCUT2D eigenvalue weighted by atomic mass is 10.1. The molecule has 0 aliphatic heterocycles. The molecule has 8 nitrogen and oxygen atoms in total. The summed E-state index contributed by atoms with van der Waals surface area (Å²) in [6.07, 6.45) is 5.02. The molecule has 0 aliphatic carbocycles. The molecule has 142 valence electrons. The third kappa shape index (κ3) is 6.77. The second-order valence-electron chi connectivity index (χ2n) is 5.55. The van der Waals surface area contributed by atoms with Crippen molar-refractivity contribution >= 4 is 18.0 Å². The van der Waals surface area contributed by atoms with Gasteiger partial charge in [0.1, 0.15) is 6.42 Å². The summed E-state index contributed by atoms with van der Waals surface area (Å²) < 4.78 is 10.4. The number of benzene rings is 1. The minimum atomic E-state index is -0.487. The fourth-order valence-corrected chi connectivity index (χ4v) is 2.26. The summed E-state index contributed by atoms with van der Waals surface area (Å²) >= 11 is 0. The molecule has 0 bridgehead atoms. The Balaban J connectivity index is 1.71. The summed E-state index contributed by atoms with van der Waals surface area (Å²) in [4.78, 5) is 27.4. The number of aromatic nitrogens is 1. The van der Waals surface area contributed by atoms with Gasteiger partial charge in [0.15, 0.2) is 11.5 Å². The third-order valence-corrected chi connectivity index (χ3v) is 3.59. The van der Waals surface area contributed by atoms with E-state index in [9.17, 15) is 9.59 Å². The Bertz CT molecular complexity index is 794. The first-order valence-electron chi connectivity index (χ1n) is 8.32. The minimum absolute atomic E-state index is 0.295. The largest absolute Gasteiger partial charge is 0.493 e. The number of amides is 2. The number of carbonyl (C=O) groups excluding carboxylic acids is 2. The Morgan fingerprint density at radius 1 is 1.15 bits per heavy atom. The van der Waals surface area contributed by atoms with Crippen LogP contribution in [0.4, 0.5) is 0 Å². The molecule has 2 N–H and O–H groups in total. The first-order valence-corrected chi connectivity index (χ1v) is 8.32. The van der Waals surface area contributed by atoms with Crippen LogP contribution in [0, 0.1) is 0 Å². The number of hydrazone groups is 1. The van der Waals surface area contributed by atoms with E-state index in [4.69, 9.17) is 9.47 Å². The van der Waals surface area contributed by atoms with Gasteiger partial charge >= 0.3 is 0 Å². The number of hydrogen-bond donors (Lipinski definition) is 2. The summed E-state index contributed by atoms with van der Waals surface area (Å²) in [5.74, 6) is 0.421. The van der Waals surface area contributed by atoms with Crippen molar-refractivity contribution in [3.63, 3.8) is 0 Å². The SMILES string of the molecule is COc1ccc(CCNC(=O)CC(=O)NN=Cc2cccnc2)cc1OC. The van der Waals surface area contributed by atoms with Crippen LogP contribution in [0.5, 0.6) is 11.5 Å². The van der Waals surface area contributed by atoms with Gasteiger partial charge in [-0.25, -0.2) is 5.43 Å². The number of methoxy groups -OCH3 is 2. The highest BCUT2D eigenvalue weighted by molar-refractivity contribution is 5.97. The van der Waals surface area contributed by atoms with Crippen molar-refractivity contribution in [2.75, 3.05) is 20.8 Å². The number of carbonyl (C=O) groups is 2. The van der Waals surface area contributed by atoms with Crippen molar-refractivity contribution in [1.82, 2.24) is 15.7 Å². The molecule has 2 aromatic rings. The smallest absolute Gasteiger partial charge is 0.249 e. The van der Waals surface area contributed by atoms with E-state index < -0.39 is 5.91 Å². The molecule has 0 saturated heterocycles. The van der Waals surface area contributed by atoms with Gasteiger partial charge in [0.2, 0.25) is 11.8 Å². The number of ether oxygens (including phenoxy) is 2. The van der Waals surface area contributed by atoms with Gasteiger partial charge in [-0.3, -0.25) is 14.6 Å². The maximum absolute atomic E-state index is 11.8. The first kappa shape index (κ1) is 19.9. The van der Waals surface area contributed by atoms with Crippen LogP contribution in [-0.4, -0.2) is 43.8 Å². The molecule has 2 amide bonds. The Morgan fingerprint density at radius 2 is 1.96 bits per heavy atom. The summed E-state index contributed by atoms with van der Waals surface area (Å²) in [7, 11) is 3.14. The zero-order valence-corrected chi connectivity index (χ0v) is 15.3. The molecule has 0 radical (unpaired) electrons. The van der Waals surface area contributed by atoms with Crippen LogP contribution >= 0.6 is 0 Å². The van der Waals surface area contributed by atoms with Crippen molar-refractivity contribution in [3.8, 4) is 11.5 Å². The molecule has 1 aromatic carbocycles. The standard InChI is InChI=1S/C19H22N4O4/c1-26-16-6-5-14(10-17(16)27-2)7-9-21-18(24)11-19(25)23-22-13-15-4-3-8-20-12-15/h3-6,8,10,12-13H,7,9,11H2,1-2H3,(H,21,24)(H,23,25). The van der Waals surface area contributed by atoms with E-state index >= 15 is 0 Å². The Kier molecular flexibility index (Phi) is 7.77. The van der Waals surface area contributed by atoms with Crippen molar-refractivity contribution < 1.29 is 19.1 Å². The highest BCUT2D eigenvalue weighted by Gasteiger charge is 2.09. The topological polar surface area (TPSA) is 102 Å². The van der Waals surface area contributed by atoms with Gasteiger partial charge < -0.3 is 14.8 Å². The van der Waals surface area contributed by atoms with Gasteiger partial charge in [0.25, 0.3) is 0 Å². The van der Waals surface area contributed by atoms with Crippen LogP contribution in [0.1, 0.15) is 17.5 Å². The monoisotopic (exact) mass is 370 g/mol. The lowest BCUT2D eigenvalue weighted by molar-refractivity contribution is -0.129.